The number of phenols is 2. The average molecular weight is 375 g/mol. The molecule has 0 heterocycles. The van der Waals surface area contributed by atoms with Gasteiger partial charge in [0.25, 0.3) is 0 Å². The van der Waals surface area contributed by atoms with Crippen molar-refractivity contribution in [1.29, 1.82) is 0 Å². The van der Waals surface area contributed by atoms with Crippen molar-refractivity contribution in [2.75, 3.05) is 5.75 Å². The van der Waals surface area contributed by atoms with E-state index in [0.717, 1.165) is 5.56 Å². The fourth-order valence-corrected chi connectivity index (χ4v) is 2.86. The Hall–Kier alpha value is -2.67. The Labute approximate surface area is 156 Å². The van der Waals surface area contributed by atoms with Crippen LogP contribution < -0.4 is 5.32 Å². The zero-order valence-corrected chi connectivity index (χ0v) is 14.9. The minimum atomic E-state index is -1.18. The second kappa shape index (κ2) is 9.15. The molecule has 0 aliphatic heterocycles. The van der Waals surface area contributed by atoms with E-state index in [2.05, 4.69) is 17.9 Å². The van der Waals surface area contributed by atoms with E-state index in [4.69, 9.17) is 0 Å². The number of carboxylic acids is 1. The fraction of sp³-hybridized carbons (Fsp3) is 0.263. The van der Waals surface area contributed by atoms with Crippen molar-refractivity contribution in [2.24, 2.45) is 5.92 Å². The molecule has 0 bridgehead atoms. The highest BCUT2D eigenvalue weighted by Crippen LogP contribution is 2.25. The van der Waals surface area contributed by atoms with Gasteiger partial charge in [0.05, 0.1) is 5.92 Å². The molecule has 0 saturated carbocycles. The van der Waals surface area contributed by atoms with Crippen LogP contribution in [0.4, 0.5) is 0 Å². The summed E-state index contributed by atoms with van der Waals surface area (Å²) in [5, 5.41) is 30.8. The molecule has 0 aliphatic carbocycles. The number of carbonyl (C=O) groups is 2. The van der Waals surface area contributed by atoms with Gasteiger partial charge in [0.1, 0.15) is 6.04 Å². The van der Waals surface area contributed by atoms with Crippen molar-refractivity contribution in [2.45, 2.75) is 18.9 Å². The van der Waals surface area contributed by atoms with E-state index >= 15 is 0 Å². The quantitative estimate of drug-likeness (QED) is 0.358. The Morgan fingerprint density at radius 1 is 0.962 bits per heavy atom. The Morgan fingerprint density at radius 2 is 1.65 bits per heavy atom. The first-order valence-corrected chi connectivity index (χ1v) is 8.72. The molecule has 0 fully saturated rings. The second-order valence-electron chi connectivity index (χ2n) is 6.00. The third kappa shape index (κ3) is 5.42. The van der Waals surface area contributed by atoms with Crippen LogP contribution in [0.2, 0.25) is 0 Å². The zero-order chi connectivity index (χ0) is 19.1. The summed E-state index contributed by atoms with van der Waals surface area (Å²) in [4.78, 5) is 24.0. The number of amides is 1. The molecule has 2 atom stereocenters. The average Bonchev–Trinajstić information content (AvgIpc) is 2.62. The predicted molar refractivity (Wildman–Crippen MR) is 101 cm³/mol. The normalized spacial score (nSPS) is 13.0. The Morgan fingerprint density at radius 3 is 2.23 bits per heavy atom. The smallest absolute Gasteiger partial charge is 0.326 e. The van der Waals surface area contributed by atoms with Crippen LogP contribution in [0.3, 0.4) is 0 Å². The molecule has 0 aliphatic rings. The molecule has 6 nitrogen and oxygen atoms in total. The van der Waals surface area contributed by atoms with Crippen LogP contribution >= 0.6 is 12.6 Å². The van der Waals surface area contributed by atoms with Gasteiger partial charge < -0.3 is 20.6 Å². The molecule has 1 unspecified atom stereocenters. The second-order valence-corrected chi connectivity index (χ2v) is 6.36. The first-order valence-electron chi connectivity index (χ1n) is 8.09. The SMILES string of the molecule is O=C(N[C@@H](Cc1ccc(O)c(O)c1)C(=O)O)C(CS)Cc1ccccc1. The predicted octanol–water partition coefficient (Wildman–Crippen LogP) is 2.00. The highest BCUT2D eigenvalue weighted by atomic mass is 32.1. The fourth-order valence-electron chi connectivity index (χ4n) is 2.56. The molecule has 0 spiro atoms. The van der Waals surface area contributed by atoms with E-state index in [-0.39, 0.29) is 29.6 Å². The zero-order valence-electron chi connectivity index (χ0n) is 14.0. The van der Waals surface area contributed by atoms with E-state index in [9.17, 15) is 24.9 Å². The number of hydrogen-bond donors (Lipinski definition) is 5. The standard InChI is InChI=1S/C19H21NO5S/c21-16-7-6-13(10-17(16)22)9-15(19(24)25)20-18(23)14(11-26)8-12-4-2-1-3-5-12/h1-7,10,14-15,21-22,26H,8-9,11H2,(H,20,23)(H,24,25)/t14?,15-/m0/s1. The van der Waals surface area contributed by atoms with Gasteiger partial charge in [-0.25, -0.2) is 4.79 Å². The molecule has 2 aromatic rings. The van der Waals surface area contributed by atoms with Crippen molar-refractivity contribution < 1.29 is 24.9 Å². The Kier molecular flexibility index (Phi) is 6.91. The van der Waals surface area contributed by atoms with Crippen molar-refractivity contribution >= 4 is 24.5 Å². The Bertz CT molecular complexity index is 766. The minimum Gasteiger partial charge on any atom is -0.504 e. The van der Waals surface area contributed by atoms with Crippen LogP contribution in [-0.4, -0.2) is 39.0 Å². The summed E-state index contributed by atoms with van der Waals surface area (Å²) in [5.41, 5.74) is 1.45. The van der Waals surface area contributed by atoms with Crippen LogP contribution in [0.5, 0.6) is 11.5 Å². The number of hydrogen-bond acceptors (Lipinski definition) is 5. The van der Waals surface area contributed by atoms with E-state index in [1.807, 2.05) is 30.3 Å². The van der Waals surface area contributed by atoms with E-state index in [1.54, 1.807) is 0 Å². The summed E-state index contributed by atoms with van der Waals surface area (Å²) in [6.07, 6.45) is 0.446. The lowest BCUT2D eigenvalue weighted by molar-refractivity contribution is -0.142. The molecule has 26 heavy (non-hydrogen) atoms. The summed E-state index contributed by atoms with van der Waals surface area (Å²) in [5.74, 6) is -2.37. The molecule has 2 aromatic carbocycles. The number of carboxylic acid groups (broad SMARTS) is 1. The van der Waals surface area contributed by atoms with Crippen LogP contribution in [-0.2, 0) is 22.4 Å². The highest BCUT2D eigenvalue weighted by molar-refractivity contribution is 7.80. The third-order valence-electron chi connectivity index (χ3n) is 4.01. The lowest BCUT2D eigenvalue weighted by atomic mass is 9.99. The van der Waals surface area contributed by atoms with Gasteiger partial charge in [0.15, 0.2) is 11.5 Å². The molecule has 1 amide bonds. The Balaban J connectivity index is 2.06. The number of aromatic hydroxyl groups is 2. The lowest BCUT2D eigenvalue weighted by Crippen LogP contribution is -2.45. The maximum atomic E-state index is 12.5. The van der Waals surface area contributed by atoms with Gasteiger partial charge in [-0.05, 0) is 29.7 Å². The third-order valence-corrected chi connectivity index (χ3v) is 4.45. The van der Waals surface area contributed by atoms with Crippen molar-refractivity contribution in [3.8, 4) is 11.5 Å². The van der Waals surface area contributed by atoms with Crippen molar-refractivity contribution in [1.82, 2.24) is 5.32 Å². The monoisotopic (exact) mass is 375 g/mol. The van der Waals surface area contributed by atoms with Gasteiger partial charge in [-0.15, -0.1) is 0 Å². The summed E-state index contributed by atoms with van der Waals surface area (Å²) in [6, 6.07) is 12.3. The number of phenolic OH excluding ortho intramolecular Hbond substituents is 2. The topological polar surface area (TPSA) is 107 Å². The summed E-state index contributed by atoms with van der Waals surface area (Å²) >= 11 is 4.21. The number of nitrogens with one attached hydrogen (secondary N) is 1. The molecule has 138 valence electrons. The first kappa shape index (κ1) is 19.7. The van der Waals surface area contributed by atoms with Gasteiger partial charge in [0, 0.05) is 12.2 Å². The largest absolute Gasteiger partial charge is 0.504 e. The van der Waals surface area contributed by atoms with Crippen LogP contribution in [0.25, 0.3) is 0 Å². The number of aliphatic carboxylic acids is 1. The van der Waals surface area contributed by atoms with Crippen molar-refractivity contribution in [3.05, 3.63) is 59.7 Å². The summed E-state index contributed by atoms with van der Waals surface area (Å²) < 4.78 is 0. The molecule has 0 saturated heterocycles. The van der Waals surface area contributed by atoms with Crippen LogP contribution in [0.15, 0.2) is 48.5 Å². The van der Waals surface area contributed by atoms with Crippen LogP contribution in [0.1, 0.15) is 11.1 Å². The molecular weight excluding hydrogens is 354 g/mol. The summed E-state index contributed by atoms with van der Waals surface area (Å²) in [6.45, 7) is 0. The lowest BCUT2D eigenvalue weighted by Gasteiger charge is -2.19. The molecule has 2 rings (SSSR count). The van der Waals surface area contributed by atoms with Gasteiger partial charge in [-0.3, -0.25) is 4.79 Å². The van der Waals surface area contributed by atoms with E-state index < -0.39 is 17.9 Å². The summed E-state index contributed by atoms with van der Waals surface area (Å²) in [7, 11) is 0. The number of carbonyl (C=O) groups excluding carboxylic acids is 1. The molecule has 0 aromatic heterocycles. The molecule has 7 heteroatoms. The van der Waals surface area contributed by atoms with Gasteiger partial charge >= 0.3 is 5.97 Å². The van der Waals surface area contributed by atoms with Gasteiger partial charge in [-0.1, -0.05) is 36.4 Å². The maximum Gasteiger partial charge on any atom is 0.326 e. The molecule has 4 N–H and O–H groups in total. The number of thiol groups is 1. The van der Waals surface area contributed by atoms with Crippen molar-refractivity contribution in [3.63, 3.8) is 0 Å². The minimum absolute atomic E-state index is 0.0143. The maximum absolute atomic E-state index is 12.5. The van der Waals surface area contributed by atoms with Gasteiger partial charge in [-0.2, -0.15) is 12.6 Å². The molecular formula is C19H21NO5S. The van der Waals surface area contributed by atoms with E-state index in [0.29, 0.717) is 12.0 Å². The number of benzene rings is 2. The highest BCUT2D eigenvalue weighted by Gasteiger charge is 2.25. The van der Waals surface area contributed by atoms with Gasteiger partial charge in [0.2, 0.25) is 5.91 Å². The number of rotatable bonds is 8. The van der Waals surface area contributed by atoms with E-state index in [1.165, 1.54) is 18.2 Å². The van der Waals surface area contributed by atoms with Crippen LogP contribution in [0, 0.1) is 5.92 Å². The first-order chi connectivity index (χ1) is 12.4. The molecule has 0 radical (unpaired) electrons.